The zero-order chi connectivity index (χ0) is 27.0. The van der Waals surface area contributed by atoms with Crippen LogP contribution in [0.3, 0.4) is 0 Å². The molecule has 0 aromatic heterocycles. The normalized spacial score (nSPS) is 11.9. The summed E-state index contributed by atoms with van der Waals surface area (Å²) >= 11 is 0. The van der Waals surface area contributed by atoms with Crippen molar-refractivity contribution >= 4 is 10.1 Å². The number of halogens is 1. The molecule has 0 saturated carbocycles. The second-order valence-electron chi connectivity index (χ2n) is 11.0. The lowest BCUT2D eigenvalue weighted by atomic mass is 9.96. The summed E-state index contributed by atoms with van der Waals surface area (Å²) in [4.78, 5) is 0.0140. The maximum absolute atomic E-state index is 12.2. The predicted octanol–water partition coefficient (Wildman–Crippen LogP) is 10.6. The van der Waals surface area contributed by atoms with E-state index in [1.54, 1.807) is 6.07 Å². The fourth-order valence-corrected chi connectivity index (χ4v) is 5.75. The van der Waals surface area contributed by atoms with Crippen LogP contribution in [0.5, 0.6) is 0 Å². The smallest absolute Gasteiger partial charge is 0.282 e. The highest BCUT2D eigenvalue weighted by atomic mass is 32.2. The van der Waals surface area contributed by atoms with Gasteiger partial charge in [0, 0.05) is 0 Å². The molecule has 37 heavy (non-hydrogen) atoms. The molecule has 0 fully saturated rings. The van der Waals surface area contributed by atoms with E-state index in [4.69, 9.17) is 0 Å². The summed E-state index contributed by atoms with van der Waals surface area (Å²) in [5, 5.41) is 0. The second kappa shape index (κ2) is 23.0. The summed E-state index contributed by atoms with van der Waals surface area (Å²) in [6.45, 7) is 2.06. The van der Waals surface area contributed by atoms with Gasteiger partial charge in [-0.25, -0.2) is 0 Å². The molecule has 1 N–H and O–H groups in total. The number of hydrogen-bond donors (Lipinski definition) is 1. The van der Waals surface area contributed by atoms with Crippen molar-refractivity contribution in [3.05, 3.63) is 29.3 Å². The fourth-order valence-electron chi connectivity index (χ4n) is 5.22. The van der Waals surface area contributed by atoms with Crippen molar-refractivity contribution in [2.75, 3.05) is 6.67 Å². The average molecular weight is 541 g/mol. The topological polar surface area (TPSA) is 54.4 Å². The van der Waals surface area contributed by atoms with Crippen LogP contribution in [0.1, 0.15) is 159 Å². The summed E-state index contributed by atoms with van der Waals surface area (Å²) in [7, 11) is -4.17. The van der Waals surface area contributed by atoms with Gasteiger partial charge >= 0.3 is 0 Å². The standard InChI is InChI=1S/C32H57FO3S/c1-2-3-4-5-6-7-8-9-10-11-12-13-15-19-22-25-31-29-32(37(34,35)36)27-26-30(31)24-21-18-16-14-17-20-23-28-33/h26-27,29H,2-25,28H2,1H3,(H,34,35,36). The number of alkyl halides is 1. The third-order valence-electron chi connectivity index (χ3n) is 7.61. The first-order chi connectivity index (χ1) is 18.0. The van der Waals surface area contributed by atoms with Gasteiger partial charge in [0.1, 0.15) is 0 Å². The predicted molar refractivity (Wildman–Crippen MR) is 157 cm³/mol. The van der Waals surface area contributed by atoms with Crippen LogP contribution in [-0.4, -0.2) is 19.6 Å². The molecule has 0 aliphatic rings. The van der Waals surface area contributed by atoms with Gasteiger partial charge < -0.3 is 0 Å². The zero-order valence-corrected chi connectivity index (χ0v) is 24.8. The van der Waals surface area contributed by atoms with E-state index in [0.717, 1.165) is 56.9 Å². The van der Waals surface area contributed by atoms with Crippen LogP contribution < -0.4 is 0 Å². The van der Waals surface area contributed by atoms with Gasteiger partial charge in [0.25, 0.3) is 10.1 Å². The Bertz CT molecular complexity index is 763. The Kier molecular flexibility index (Phi) is 21.2. The summed E-state index contributed by atoms with van der Waals surface area (Å²) in [6, 6.07) is 5.12. The number of benzene rings is 1. The molecule has 3 nitrogen and oxygen atoms in total. The molecular weight excluding hydrogens is 483 g/mol. The van der Waals surface area contributed by atoms with Crippen molar-refractivity contribution in [3.8, 4) is 0 Å². The Morgan fingerprint density at radius 1 is 0.568 bits per heavy atom. The molecule has 0 aliphatic carbocycles. The SMILES string of the molecule is CCCCCCCCCCCCCCCCCc1cc(S(=O)(=O)O)ccc1CCCCCCCCCF. The van der Waals surface area contributed by atoms with Gasteiger partial charge in [0.15, 0.2) is 0 Å². The Morgan fingerprint density at radius 3 is 1.35 bits per heavy atom. The molecule has 0 unspecified atom stereocenters. The lowest BCUT2D eigenvalue weighted by Crippen LogP contribution is -2.02. The third kappa shape index (κ3) is 18.9. The number of hydrogen-bond acceptors (Lipinski definition) is 2. The minimum atomic E-state index is -4.17. The molecule has 1 rings (SSSR count). The van der Waals surface area contributed by atoms with Crippen molar-refractivity contribution in [3.63, 3.8) is 0 Å². The first kappa shape index (κ1) is 34.1. The van der Waals surface area contributed by atoms with Gasteiger partial charge in [-0.1, -0.05) is 135 Å². The van der Waals surface area contributed by atoms with E-state index >= 15 is 0 Å². The van der Waals surface area contributed by atoms with Gasteiger partial charge in [-0.3, -0.25) is 8.94 Å². The Labute approximate surface area is 229 Å². The van der Waals surface area contributed by atoms with Crippen LogP contribution >= 0.6 is 0 Å². The molecule has 0 heterocycles. The van der Waals surface area contributed by atoms with E-state index in [1.165, 1.54) is 108 Å². The third-order valence-corrected chi connectivity index (χ3v) is 8.45. The molecule has 0 radical (unpaired) electrons. The molecular formula is C32H57FO3S. The van der Waals surface area contributed by atoms with E-state index in [0.29, 0.717) is 6.42 Å². The molecule has 0 saturated heterocycles. The van der Waals surface area contributed by atoms with Crippen LogP contribution in [0.25, 0.3) is 0 Å². The Hall–Kier alpha value is -0.940. The fraction of sp³-hybridized carbons (Fsp3) is 0.812. The molecule has 0 spiro atoms. The first-order valence-corrected chi connectivity index (χ1v) is 17.1. The van der Waals surface area contributed by atoms with Crippen molar-refractivity contribution in [1.29, 1.82) is 0 Å². The van der Waals surface area contributed by atoms with Crippen molar-refractivity contribution in [1.82, 2.24) is 0 Å². The van der Waals surface area contributed by atoms with Gasteiger partial charge in [-0.2, -0.15) is 8.42 Å². The van der Waals surface area contributed by atoms with Crippen LogP contribution in [-0.2, 0) is 23.0 Å². The summed E-state index contributed by atoms with van der Waals surface area (Å²) in [5.74, 6) is 0. The first-order valence-electron chi connectivity index (χ1n) is 15.6. The summed E-state index contributed by atoms with van der Waals surface area (Å²) in [5.41, 5.74) is 2.29. The van der Waals surface area contributed by atoms with Gasteiger partial charge in [-0.05, 0) is 55.4 Å². The minimum Gasteiger partial charge on any atom is -0.282 e. The van der Waals surface area contributed by atoms with Crippen LogP contribution in [0, 0.1) is 0 Å². The zero-order valence-electron chi connectivity index (χ0n) is 24.0. The van der Waals surface area contributed by atoms with E-state index in [1.807, 2.05) is 6.07 Å². The molecule has 0 atom stereocenters. The number of unbranched alkanes of at least 4 members (excludes halogenated alkanes) is 20. The Morgan fingerprint density at radius 2 is 0.946 bits per heavy atom. The monoisotopic (exact) mass is 540 g/mol. The van der Waals surface area contributed by atoms with Gasteiger partial charge in [0.2, 0.25) is 0 Å². The molecule has 1 aromatic rings. The molecule has 0 amide bonds. The van der Waals surface area contributed by atoms with E-state index in [9.17, 15) is 17.4 Å². The van der Waals surface area contributed by atoms with Gasteiger partial charge in [0.05, 0.1) is 11.6 Å². The quantitative estimate of drug-likeness (QED) is 0.0939. The molecule has 5 heteroatoms. The lowest BCUT2D eigenvalue weighted by Gasteiger charge is -2.12. The average Bonchev–Trinajstić information content (AvgIpc) is 2.87. The molecule has 1 aromatic carbocycles. The maximum Gasteiger partial charge on any atom is 0.294 e. The number of rotatable bonds is 26. The van der Waals surface area contributed by atoms with E-state index in [2.05, 4.69) is 6.92 Å². The summed E-state index contributed by atoms with van der Waals surface area (Å²) in [6.07, 6.45) is 29.1. The highest BCUT2D eigenvalue weighted by molar-refractivity contribution is 7.85. The summed E-state index contributed by atoms with van der Waals surface area (Å²) < 4.78 is 44.9. The van der Waals surface area contributed by atoms with Gasteiger partial charge in [-0.15, -0.1) is 0 Å². The van der Waals surface area contributed by atoms with E-state index < -0.39 is 10.1 Å². The van der Waals surface area contributed by atoms with Crippen molar-refractivity contribution < 1.29 is 17.4 Å². The lowest BCUT2D eigenvalue weighted by molar-refractivity contribution is 0.449. The van der Waals surface area contributed by atoms with Crippen LogP contribution in [0.4, 0.5) is 4.39 Å². The highest BCUT2D eigenvalue weighted by Gasteiger charge is 2.13. The Balaban J connectivity index is 2.22. The van der Waals surface area contributed by atoms with E-state index in [-0.39, 0.29) is 11.6 Å². The van der Waals surface area contributed by atoms with Crippen molar-refractivity contribution in [2.24, 2.45) is 0 Å². The maximum atomic E-state index is 12.2. The molecule has 0 aliphatic heterocycles. The van der Waals surface area contributed by atoms with Crippen LogP contribution in [0.15, 0.2) is 23.1 Å². The molecule has 216 valence electrons. The van der Waals surface area contributed by atoms with Crippen molar-refractivity contribution in [2.45, 2.75) is 166 Å². The largest absolute Gasteiger partial charge is 0.294 e. The minimum absolute atomic E-state index is 0.0140. The molecule has 0 bridgehead atoms. The highest BCUT2D eigenvalue weighted by Crippen LogP contribution is 2.22. The van der Waals surface area contributed by atoms with Crippen LogP contribution in [0.2, 0.25) is 0 Å². The number of aryl methyl sites for hydroxylation is 2. The second-order valence-corrected chi connectivity index (χ2v) is 12.4.